The van der Waals surface area contributed by atoms with E-state index in [1.165, 1.54) is 0 Å². The van der Waals surface area contributed by atoms with Gasteiger partial charge in [-0.2, -0.15) is 4.39 Å². The van der Waals surface area contributed by atoms with Crippen molar-refractivity contribution >= 4 is 23.1 Å². The van der Waals surface area contributed by atoms with Crippen LogP contribution in [-0.2, 0) is 6.42 Å². The molecule has 2 aromatic carbocycles. The number of hydrogen-bond donors (Lipinski definition) is 0. The van der Waals surface area contributed by atoms with Crippen molar-refractivity contribution < 1.29 is 18.5 Å². The molecule has 0 aliphatic carbocycles. The summed E-state index contributed by atoms with van der Waals surface area (Å²) in [5, 5.41) is 11.1. The summed E-state index contributed by atoms with van der Waals surface area (Å²) in [6.45, 7) is 0. The van der Waals surface area contributed by atoms with Crippen LogP contribution in [-0.4, -0.2) is 10.7 Å². The molecular weight excluding hydrogens is 304 g/mol. The lowest BCUT2D eigenvalue weighted by Crippen LogP contribution is -2.09. The van der Waals surface area contributed by atoms with E-state index in [1.807, 2.05) is 0 Å². The lowest BCUT2D eigenvalue weighted by atomic mass is 10.0. The number of nitro groups is 1. The van der Waals surface area contributed by atoms with Crippen molar-refractivity contribution in [2.75, 3.05) is 0 Å². The molecule has 0 aliphatic rings. The van der Waals surface area contributed by atoms with E-state index < -0.39 is 33.6 Å². The Morgan fingerprint density at radius 1 is 1.19 bits per heavy atom. The second-order valence-electron chi connectivity index (χ2n) is 4.27. The third kappa shape index (κ3) is 3.41. The van der Waals surface area contributed by atoms with Crippen molar-refractivity contribution in [3.63, 3.8) is 0 Å². The maximum atomic E-state index is 13.9. The highest BCUT2D eigenvalue weighted by Crippen LogP contribution is 2.24. The Kier molecular flexibility index (Phi) is 4.28. The first-order valence-corrected chi connectivity index (χ1v) is 6.17. The number of hydrogen-bond acceptors (Lipinski definition) is 3. The second kappa shape index (κ2) is 5.97. The van der Waals surface area contributed by atoms with Crippen LogP contribution in [0.15, 0.2) is 36.4 Å². The number of halogens is 3. The molecule has 0 bridgehead atoms. The topological polar surface area (TPSA) is 60.2 Å². The van der Waals surface area contributed by atoms with E-state index in [2.05, 4.69) is 0 Å². The molecule has 0 atom stereocenters. The third-order valence-electron chi connectivity index (χ3n) is 2.79. The summed E-state index contributed by atoms with van der Waals surface area (Å²) >= 11 is 5.70. The van der Waals surface area contributed by atoms with Gasteiger partial charge >= 0.3 is 5.69 Å². The third-order valence-corrected chi connectivity index (χ3v) is 3.05. The maximum Gasteiger partial charge on any atom is 0.308 e. The molecule has 0 aromatic heterocycles. The number of Topliss-reactive ketones (excluding diaryl/α,β-unsaturated/α-hetero) is 1. The molecule has 0 amide bonds. The number of rotatable bonds is 4. The van der Waals surface area contributed by atoms with E-state index in [-0.39, 0.29) is 6.42 Å². The minimum atomic E-state index is -1.33. The average molecular weight is 312 g/mol. The largest absolute Gasteiger partial charge is 0.308 e. The zero-order valence-electron chi connectivity index (χ0n) is 10.5. The molecule has 21 heavy (non-hydrogen) atoms. The molecule has 2 rings (SSSR count). The lowest BCUT2D eigenvalue weighted by molar-refractivity contribution is -0.387. The lowest BCUT2D eigenvalue weighted by Gasteiger charge is -2.04. The molecule has 2 aromatic rings. The van der Waals surface area contributed by atoms with Gasteiger partial charge in [-0.05, 0) is 23.8 Å². The van der Waals surface area contributed by atoms with E-state index in [4.69, 9.17) is 11.6 Å². The summed E-state index contributed by atoms with van der Waals surface area (Å²) in [5.74, 6) is -3.12. The molecular formula is C14H8ClF2NO3. The zero-order valence-corrected chi connectivity index (χ0v) is 11.2. The summed E-state index contributed by atoms with van der Waals surface area (Å²) in [5.41, 5.74) is -1.16. The van der Waals surface area contributed by atoms with Gasteiger partial charge < -0.3 is 0 Å². The van der Waals surface area contributed by atoms with Gasteiger partial charge in [-0.1, -0.05) is 23.7 Å². The van der Waals surface area contributed by atoms with Gasteiger partial charge in [0.05, 0.1) is 16.6 Å². The van der Waals surface area contributed by atoms with Crippen LogP contribution in [0.3, 0.4) is 0 Å². The average Bonchev–Trinajstić information content (AvgIpc) is 2.43. The van der Waals surface area contributed by atoms with Crippen LogP contribution in [0.5, 0.6) is 0 Å². The quantitative estimate of drug-likeness (QED) is 0.488. The van der Waals surface area contributed by atoms with E-state index >= 15 is 0 Å². The standard InChI is InChI=1S/C14H8ClF2NO3/c15-9-3-1-8(2-4-9)5-13(19)11-6-10(16)7-12(14(11)17)18(20)21/h1-4,6-7H,5H2. The minimum Gasteiger partial charge on any atom is -0.294 e. The highest BCUT2D eigenvalue weighted by Gasteiger charge is 2.24. The van der Waals surface area contributed by atoms with Gasteiger partial charge in [0.25, 0.3) is 0 Å². The number of nitrogens with zero attached hydrogens (tertiary/aromatic N) is 1. The van der Waals surface area contributed by atoms with Crippen LogP contribution in [0.1, 0.15) is 15.9 Å². The van der Waals surface area contributed by atoms with Crippen molar-refractivity contribution in [2.45, 2.75) is 6.42 Å². The first kappa shape index (κ1) is 15.1. The van der Waals surface area contributed by atoms with Crippen LogP contribution in [0.25, 0.3) is 0 Å². The van der Waals surface area contributed by atoms with Crippen LogP contribution < -0.4 is 0 Å². The molecule has 0 saturated carbocycles. The van der Waals surface area contributed by atoms with Crippen molar-refractivity contribution in [1.82, 2.24) is 0 Å². The van der Waals surface area contributed by atoms with Crippen molar-refractivity contribution in [1.29, 1.82) is 0 Å². The predicted octanol–water partition coefficient (Wildman–Crippen LogP) is 3.95. The Balaban J connectivity index is 2.35. The number of carbonyl (C=O) groups is 1. The molecule has 0 unspecified atom stereocenters. The van der Waals surface area contributed by atoms with Gasteiger partial charge in [0.1, 0.15) is 5.82 Å². The first-order chi connectivity index (χ1) is 9.88. The van der Waals surface area contributed by atoms with Crippen LogP contribution >= 0.6 is 11.6 Å². The Bertz CT molecular complexity index is 717. The number of nitro benzene ring substituents is 1. The van der Waals surface area contributed by atoms with Crippen LogP contribution in [0, 0.1) is 21.7 Å². The van der Waals surface area contributed by atoms with Gasteiger partial charge in [-0.25, -0.2) is 4.39 Å². The van der Waals surface area contributed by atoms with Crippen LogP contribution in [0.2, 0.25) is 5.02 Å². The number of benzene rings is 2. The fourth-order valence-corrected chi connectivity index (χ4v) is 1.92. The van der Waals surface area contributed by atoms with Gasteiger partial charge in [0.2, 0.25) is 5.82 Å². The highest BCUT2D eigenvalue weighted by atomic mass is 35.5. The minimum absolute atomic E-state index is 0.214. The van der Waals surface area contributed by atoms with Crippen molar-refractivity contribution in [3.8, 4) is 0 Å². The molecule has 0 saturated heterocycles. The molecule has 0 spiro atoms. The Morgan fingerprint density at radius 3 is 2.38 bits per heavy atom. The molecule has 0 radical (unpaired) electrons. The van der Waals surface area contributed by atoms with E-state index in [0.29, 0.717) is 22.7 Å². The Labute approximate surface area is 123 Å². The normalized spacial score (nSPS) is 10.4. The summed E-state index contributed by atoms with van der Waals surface area (Å²) < 4.78 is 27.1. The number of ketones is 1. The molecule has 7 heteroatoms. The van der Waals surface area contributed by atoms with Crippen LogP contribution in [0.4, 0.5) is 14.5 Å². The molecule has 0 aliphatic heterocycles. The smallest absolute Gasteiger partial charge is 0.294 e. The van der Waals surface area contributed by atoms with Gasteiger partial charge in [0.15, 0.2) is 5.78 Å². The van der Waals surface area contributed by atoms with E-state index in [9.17, 15) is 23.7 Å². The predicted molar refractivity (Wildman–Crippen MR) is 72.5 cm³/mol. The summed E-state index contributed by atoms with van der Waals surface area (Å²) in [6, 6.07) is 7.32. The van der Waals surface area contributed by atoms with Crippen molar-refractivity contribution in [2.24, 2.45) is 0 Å². The molecule has 4 nitrogen and oxygen atoms in total. The molecule has 0 N–H and O–H groups in total. The fourth-order valence-electron chi connectivity index (χ4n) is 1.79. The van der Waals surface area contributed by atoms with Crippen molar-refractivity contribution in [3.05, 3.63) is 74.3 Å². The highest BCUT2D eigenvalue weighted by molar-refractivity contribution is 6.30. The van der Waals surface area contributed by atoms with Gasteiger partial charge in [-0.15, -0.1) is 0 Å². The Morgan fingerprint density at radius 2 is 1.81 bits per heavy atom. The summed E-state index contributed by atoms with van der Waals surface area (Å²) in [4.78, 5) is 21.5. The maximum absolute atomic E-state index is 13.9. The summed E-state index contributed by atoms with van der Waals surface area (Å²) in [7, 11) is 0. The fraction of sp³-hybridized carbons (Fsp3) is 0.0714. The SMILES string of the molecule is O=C(Cc1ccc(Cl)cc1)c1cc(F)cc([N+](=O)[O-])c1F. The summed E-state index contributed by atoms with van der Waals surface area (Å²) in [6.07, 6.45) is -0.214. The van der Waals surface area contributed by atoms with Gasteiger partial charge in [0, 0.05) is 11.4 Å². The molecule has 0 heterocycles. The zero-order chi connectivity index (χ0) is 15.6. The van der Waals surface area contributed by atoms with E-state index in [1.54, 1.807) is 24.3 Å². The molecule has 108 valence electrons. The number of carbonyl (C=O) groups excluding carboxylic acids is 1. The van der Waals surface area contributed by atoms with E-state index in [0.717, 1.165) is 0 Å². The molecule has 0 fully saturated rings. The second-order valence-corrected chi connectivity index (χ2v) is 4.71. The first-order valence-electron chi connectivity index (χ1n) is 5.79. The monoisotopic (exact) mass is 311 g/mol. The van der Waals surface area contributed by atoms with Gasteiger partial charge in [-0.3, -0.25) is 14.9 Å². The Hall–Kier alpha value is -2.34.